The monoisotopic (exact) mass is 1190 g/mol. The van der Waals surface area contributed by atoms with Crippen molar-refractivity contribution in [1.29, 1.82) is 0 Å². The number of aliphatic hydroxyl groups excluding tert-OH is 16. The van der Waals surface area contributed by atoms with E-state index in [4.69, 9.17) is 56.8 Å². The van der Waals surface area contributed by atoms with Crippen molar-refractivity contribution < 1.29 is 139 Å². The van der Waals surface area contributed by atoms with E-state index in [1.807, 2.05) is 0 Å². The molecular weight excluding hydrogens is 1110 g/mol. The quantitative estimate of drug-likeness (QED) is 0.0763. The molecule has 7 aliphatic heterocycles. The highest BCUT2D eigenvalue weighted by molar-refractivity contribution is 5.29. The number of hydrogen-bond donors (Lipinski definition) is 16. The molecule has 28 nitrogen and oxygen atoms in total. The molecule has 28 heteroatoms. The lowest BCUT2D eigenvalue weighted by molar-refractivity contribution is -0.382. The van der Waals surface area contributed by atoms with Crippen molar-refractivity contribution in [3.63, 3.8) is 0 Å². The summed E-state index contributed by atoms with van der Waals surface area (Å²) in [4.78, 5) is 0. The van der Waals surface area contributed by atoms with Gasteiger partial charge in [-0.2, -0.15) is 0 Å². The van der Waals surface area contributed by atoms with E-state index < -0.39 is 227 Å². The Balaban J connectivity index is 0.895. The number of allylic oxidation sites excluding steroid dienone is 1. The molecular formula is C55H86O28. The summed E-state index contributed by atoms with van der Waals surface area (Å²) < 4.78 is 75.2. The average Bonchev–Trinajstić information content (AvgIpc) is 1.61. The summed E-state index contributed by atoms with van der Waals surface area (Å²) in [5.74, 6) is -6.05. The third-order valence-electron chi connectivity index (χ3n) is 21.2. The van der Waals surface area contributed by atoms with Crippen LogP contribution in [0.4, 0.5) is 0 Å². The molecule has 11 aliphatic rings. The minimum absolute atomic E-state index is 0.0898. The van der Waals surface area contributed by atoms with Gasteiger partial charge >= 0.3 is 0 Å². The zero-order valence-electron chi connectivity index (χ0n) is 46.7. The van der Waals surface area contributed by atoms with Crippen LogP contribution in [0.2, 0.25) is 0 Å². The molecule has 35 atom stereocenters. The van der Waals surface area contributed by atoms with Crippen LogP contribution in [0.5, 0.6) is 0 Å². The van der Waals surface area contributed by atoms with Gasteiger partial charge in [0.25, 0.3) is 0 Å². The maximum atomic E-state index is 12.7. The molecule has 6 unspecified atom stereocenters. The first-order chi connectivity index (χ1) is 39.2. The van der Waals surface area contributed by atoms with Crippen LogP contribution in [0, 0.1) is 40.4 Å². The lowest BCUT2D eigenvalue weighted by atomic mass is 9.46. The highest BCUT2D eigenvalue weighted by Gasteiger charge is 2.74. The van der Waals surface area contributed by atoms with Crippen LogP contribution in [-0.4, -0.2) is 292 Å². The highest BCUT2D eigenvalue weighted by atomic mass is 16.8. The first-order valence-corrected chi connectivity index (χ1v) is 29.2. The van der Waals surface area contributed by atoms with Crippen molar-refractivity contribution in [2.24, 2.45) is 40.4 Å². The summed E-state index contributed by atoms with van der Waals surface area (Å²) in [6.07, 6.45) is -33.5. The summed E-state index contributed by atoms with van der Waals surface area (Å²) in [6, 6.07) is 0. The van der Waals surface area contributed by atoms with E-state index in [1.165, 1.54) is 13.8 Å². The third-order valence-corrected chi connectivity index (χ3v) is 21.2. The van der Waals surface area contributed by atoms with E-state index in [1.54, 1.807) is 0 Å². The molecule has 0 radical (unpaired) electrons. The second-order valence-corrected chi connectivity index (χ2v) is 25.7. The summed E-state index contributed by atoms with van der Waals surface area (Å²) in [5.41, 5.74) is -0.329. The average molecular weight is 1200 g/mol. The molecule has 0 bridgehead atoms. The Labute approximate surface area is 478 Å². The number of rotatable bonds is 13. The smallest absolute Gasteiger partial charge is 0.221 e. The number of fused-ring (bicyclic) bond motifs is 7. The van der Waals surface area contributed by atoms with E-state index in [0.717, 1.165) is 5.57 Å². The van der Waals surface area contributed by atoms with Gasteiger partial charge < -0.3 is 139 Å². The minimum atomic E-state index is -2.24. The molecule has 0 aromatic heterocycles. The fourth-order valence-corrected chi connectivity index (χ4v) is 16.4. The Morgan fingerprint density at radius 1 is 0.651 bits per heavy atom. The lowest BCUT2D eigenvalue weighted by Crippen LogP contribution is -2.65. The maximum Gasteiger partial charge on any atom is 0.221 e. The Kier molecular flexibility index (Phi) is 17.9. The predicted molar refractivity (Wildman–Crippen MR) is 272 cm³/mol. The number of hydrogen-bond acceptors (Lipinski definition) is 28. The van der Waals surface area contributed by atoms with Crippen molar-refractivity contribution in [3.05, 3.63) is 23.8 Å². The van der Waals surface area contributed by atoms with Crippen LogP contribution >= 0.6 is 0 Å². The SMILES string of the molecule is C=C1CO[C@@]2(OC3CC4C5CC=C6C[C@@H](O)C[C@@H](O[C@@H]7OC[C@H](O)[C@H](O[C@@H]8OC[C@@H](O)[C@H](O)[C@H]8O)[C@H]7O[C@@H]7O[C@@H](C)[C@H](O)[C@@H](O)[C@H]7O)[C@]6(C)C5CC[C@]4(C)C3C2CO[C@]2(CO)O[C@H](CO)[C@@H](O)[C@@H]2O)[C@@H](O)[C@H]1O[C@@H]1O[C@H](C)[C@H](O)[C@H](O)[C@H]1O. The molecule has 0 aromatic rings. The Morgan fingerprint density at radius 3 is 1.93 bits per heavy atom. The standard InChI is InChI=1S/C55H86O28/c1-19-14-75-55(47(71)43(19)79-49-41(68)38(65)34(61)20(2)76-49)27(15-74-54(18-57)46(70)37(64)31(13-56)82-54)33-30(83-55)12-26-24-7-6-22-10-23(58)11-32(53(22,5)25(24)8-9-52(26,33)4)78-51-45(81-50-42(69)39(66)35(62)21(3)77-50)44(29(60)17-73-51)80-48-40(67)36(63)28(59)16-72-48/h6,20-21,23-51,56-71H,1,7-18H2,2-5H3/t20-,21+,23-,24?,25?,26?,27?,28-,29+,30?,31-,32-,33?,34+,35+,36+,37-,38+,39-,40-,41-,42-,43+,44+,45-,46+,47+,48+,49+,50+,51+,52+,53+,54-,55+/m1/s1. The third kappa shape index (κ3) is 10.3. The lowest BCUT2D eigenvalue weighted by Gasteiger charge is -2.61. The summed E-state index contributed by atoms with van der Waals surface area (Å²) in [5, 5.41) is 175. The van der Waals surface area contributed by atoms with Crippen LogP contribution in [0.25, 0.3) is 0 Å². The summed E-state index contributed by atoms with van der Waals surface area (Å²) >= 11 is 0. The Hall–Kier alpha value is -1.64. The van der Waals surface area contributed by atoms with Gasteiger partial charge in [-0.3, -0.25) is 0 Å². The predicted octanol–water partition coefficient (Wildman–Crippen LogP) is -6.03. The summed E-state index contributed by atoms with van der Waals surface area (Å²) in [6.45, 7) is 8.02. The first kappa shape index (κ1) is 62.9. The van der Waals surface area contributed by atoms with Crippen molar-refractivity contribution in [2.75, 3.05) is 39.6 Å². The molecule has 3 saturated carbocycles. The molecule has 11 rings (SSSR count). The second-order valence-electron chi connectivity index (χ2n) is 25.7. The fourth-order valence-electron chi connectivity index (χ4n) is 16.4. The minimum Gasteiger partial charge on any atom is -0.394 e. The van der Waals surface area contributed by atoms with E-state index >= 15 is 0 Å². The molecule has 0 aromatic carbocycles. The maximum absolute atomic E-state index is 12.7. The molecule has 16 N–H and O–H groups in total. The molecule has 1 spiro atoms. The van der Waals surface area contributed by atoms with Crippen LogP contribution < -0.4 is 0 Å². The Morgan fingerprint density at radius 2 is 1.28 bits per heavy atom. The van der Waals surface area contributed by atoms with Crippen LogP contribution in [0.1, 0.15) is 66.2 Å². The topological polar surface area (TPSA) is 434 Å². The van der Waals surface area contributed by atoms with Crippen molar-refractivity contribution in [1.82, 2.24) is 0 Å². The number of ether oxygens (including phenoxy) is 12. The normalized spacial score (nSPS) is 57.2. The van der Waals surface area contributed by atoms with Gasteiger partial charge in [-0.05, 0) is 74.7 Å². The number of aliphatic hydroxyl groups is 16. The fraction of sp³-hybridized carbons (Fsp3) is 0.927. The van der Waals surface area contributed by atoms with Crippen molar-refractivity contribution in [3.8, 4) is 0 Å². The van der Waals surface area contributed by atoms with Gasteiger partial charge in [-0.15, -0.1) is 0 Å². The van der Waals surface area contributed by atoms with Gasteiger partial charge in [0.15, 0.2) is 25.2 Å². The van der Waals surface area contributed by atoms with Gasteiger partial charge in [0.1, 0.15) is 110 Å². The van der Waals surface area contributed by atoms with E-state index in [9.17, 15) is 81.7 Å². The van der Waals surface area contributed by atoms with Crippen LogP contribution in [0.15, 0.2) is 23.8 Å². The highest BCUT2D eigenvalue weighted by Crippen LogP contribution is 2.71. The van der Waals surface area contributed by atoms with Crippen molar-refractivity contribution in [2.45, 2.75) is 237 Å². The van der Waals surface area contributed by atoms with Gasteiger partial charge in [0.05, 0.1) is 63.6 Å². The molecule has 83 heavy (non-hydrogen) atoms. The van der Waals surface area contributed by atoms with Crippen molar-refractivity contribution >= 4 is 0 Å². The van der Waals surface area contributed by atoms with Crippen LogP contribution in [0.3, 0.4) is 0 Å². The van der Waals surface area contributed by atoms with E-state index in [2.05, 4.69) is 26.5 Å². The van der Waals surface area contributed by atoms with Crippen LogP contribution in [-0.2, 0) is 56.8 Å². The summed E-state index contributed by atoms with van der Waals surface area (Å²) in [7, 11) is 0. The van der Waals surface area contributed by atoms with E-state index in [0.29, 0.717) is 32.1 Å². The largest absolute Gasteiger partial charge is 0.394 e. The van der Waals surface area contributed by atoms with Gasteiger partial charge in [-0.25, -0.2) is 0 Å². The van der Waals surface area contributed by atoms with Gasteiger partial charge in [0.2, 0.25) is 11.6 Å². The Bertz CT molecular complexity index is 2320. The zero-order valence-corrected chi connectivity index (χ0v) is 46.7. The second kappa shape index (κ2) is 23.6. The van der Waals surface area contributed by atoms with Gasteiger partial charge in [0, 0.05) is 23.7 Å². The molecule has 474 valence electrons. The molecule has 7 saturated heterocycles. The molecule has 4 aliphatic carbocycles. The van der Waals surface area contributed by atoms with Gasteiger partial charge in [-0.1, -0.05) is 32.1 Å². The zero-order chi connectivity index (χ0) is 59.7. The molecule has 7 heterocycles. The molecule has 0 amide bonds. The molecule has 10 fully saturated rings. The first-order valence-electron chi connectivity index (χ1n) is 29.2. The van der Waals surface area contributed by atoms with E-state index in [-0.39, 0.29) is 36.4 Å².